The molecule has 1 N–H and O–H groups in total. The number of piperidine rings is 1. The molecule has 0 aromatic heterocycles. The van der Waals surface area contributed by atoms with Gasteiger partial charge in [0.05, 0.1) is 12.3 Å². The van der Waals surface area contributed by atoms with E-state index in [1.807, 2.05) is 0 Å². The predicted octanol–water partition coefficient (Wildman–Crippen LogP) is 3.71. The molecule has 1 aromatic carbocycles. The van der Waals surface area contributed by atoms with E-state index in [1.165, 1.54) is 30.5 Å². The number of nitrogens with zero attached hydrogens (tertiary/aromatic N) is 1. The molecule has 1 aliphatic rings. The van der Waals surface area contributed by atoms with Crippen LogP contribution in [0, 0.1) is 0 Å². The van der Waals surface area contributed by atoms with E-state index in [-0.39, 0.29) is 12.0 Å². The topological polar surface area (TPSA) is 23.5 Å². The Balaban J connectivity index is 2.24. The molecule has 1 heterocycles. The van der Waals surface area contributed by atoms with Crippen molar-refractivity contribution in [2.45, 2.75) is 38.5 Å². The lowest BCUT2D eigenvalue weighted by atomic mass is 9.85. The fourth-order valence-electron chi connectivity index (χ4n) is 2.41. The van der Waals surface area contributed by atoms with E-state index in [1.54, 1.807) is 0 Å². The Labute approximate surface area is 118 Å². The van der Waals surface area contributed by atoms with E-state index in [2.05, 4.69) is 52.9 Å². The molecule has 1 aromatic rings. The summed E-state index contributed by atoms with van der Waals surface area (Å²) in [5.41, 5.74) is 2.29. The lowest BCUT2D eigenvalue weighted by Crippen LogP contribution is -2.30. The van der Waals surface area contributed by atoms with Gasteiger partial charge in [-0.2, -0.15) is 0 Å². The van der Waals surface area contributed by atoms with Crippen LogP contribution in [0.4, 0.5) is 5.69 Å². The van der Waals surface area contributed by atoms with Crippen LogP contribution in [0.15, 0.2) is 22.7 Å². The molecule has 0 atom stereocenters. The van der Waals surface area contributed by atoms with E-state index in [0.29, 0.717) is 0 Å². The average Bonchev–Trinajstić information content (AvgIpc) is 2.39. The maximum absolute atomic E-state index is 9.43. The number of benzene rings is 1. The highest BCUT2D eigenvalue weighted by Crippen LogP contribution is 2.33. The monoisotopic (exact) mass is 311 g/mol. The van der Waals surface area contributed by atoms with Gasteiger partial charge < -0.3 is 10.0 Å². The number of rotatable bonds is 3. The molecule has 0 bridgehead atoms. The Bertz CT molecular complexity index is 411. The van der Waals surface area contributed by atoms with Crippen LogP contribution in [-0.4, -0.2) is 24.8 Å². The van der Waals surface area contributed by atoms with Crippen LogP contribution in [0.1, 0.15) is 38.7 Å². The summed E-state index contributed by atoms with van der Waals surface area (Å²) in [5, 5.41) is 9.43. The van der Waals surface area contributed by atoms with Crippen molar-refractivity contribution >= 4 is 21.6 Å². The third-order valence-electron chi connectivity index (χ3n) is 3.82. The third-order valence-corrected chi connectivity index (χ3v) is 4.46. The fraction of sp³-hybridized carbons (Fsp3) is 0.600. The highest BCUT2D eigenvalue weighted by atomic mass is 79.9. The summed E-state index contributed by atoms with van der Waals surface area (Å²) in [6.07, 6.45) is 3.93. The summed E-state index contributed by atoms with van der Waals surface area (Å²) in [7, 11) is 0. The molecule has 2 nitrogen and oxygen atoms in total. The largest absolute Gasteiger partial charge is 0.395 e. The van der Waals surface area contributed by atoms with Crippen molar-refractivity contribution in [1.82, 2.24) is 0 Å². The molecule has 100 valence electrons. The first-order valence-corrected chi connectivity index (χ1v) is 7.50. The fourth-order valence-corrected chi connectivity index (χ4v) is 3.04. The number of hydrogen-bond acceptors (Lipinski definition) is 2. The van der Waals surface area contributed by atoms with Crippen LogP contribution in [0.3, 0.4) is 0 Å². The van der Waals surface area contributed by atoms with Gasteiger partial charge in [-0.1, -0.05) is 19.9 Å². The maximum atomic E-state index is 9.43. The van der Waals surface area contributed by atoms with Gasteiger partial charge in [0, 0.05) is 23.0 Å². The lowest BCUT2D eigenvalue weighted by Gasteiger charge is -2.31. The Morgan fingerprint density at radius 2 is 1.89 bits per heavy atom. The predicted molar refractivity (Wildman–Crippen MR) is 80.3 cm³/mol. The molecule has 1 saturated heterocycles. The summed E-state index contributed by atoms with van der Waals surface area (Å²) < 4.78 is 1.14. The van der Waals surface area contributed by atoms with Crippen molar-refractivity contribution in [3.8, 4) is 0 Å². The van der Waals surface area contributed by atoms with Crippen LogP contribution in [0.5, 0.6) is 0 Å². The van der Waals surface area contributed by atoms with Crippen LogP contribution in [-0.2, 0) is 5.41 Å². The van der Waals surface area contributed by atoms with Crippen LogP contribution in [0.2, 0.25) is 0 Å². The normalized spacial score (nSPS) is 17.0. The zero-order chi connectivity index (χ0) is 13.2. The Hall–Kier alpha value is -0.540. The minimum Gasteiger partial charge on any atom is -0.395 e. The number of hydrogen-bond donors (Lipinski definition) is 1. The smallest absolute Gasteiger partial charge is 0.0522 e. The molecule has 0 spiro atoms. The third kappa shape index (κ3) is 2.89. The SMILES string of the molecule is CC(C)(CO)c1ccc(N2CCCCC2)c(Br)c1. The van der Waals surface area contributed by atoms with Crippen LogP contribution >= 0.6 is 15.9 Å². The minimum atomic E-state index is -0.178. The Morgan fingerprint density at radius 1 is 1.22 bits per heavy atom. The standard InChI is InChI=1S/C15H22BrNO/c1-15(2,11-18)12-6-7-14(13(16)10-12)17-8-4-3-5-9-17/h6-7,10,18H,3-5,8-9,11H2,1-2H3. The molecule has 0 amide bonds. The molecule has 0 aliphatic carbocycles. The molecule has 0 saturated carbocycles. The second-order valence-electron chi connectivity index (χ2n) is 5.76. The van der Waals surface area contributed by atoms with Gasteiger partial charge in [-0.3, -0.25) is 0 Å². The van der Waals surface area contributed by atoms with E-state index in [4.69, 9.17) is 0 Å². The summed E-state index contributed by atoms with van der Waals surface area (Å²) in [6, 6.07) is 6.48. The van der Waals surface area contributed by atoms with Crippen molar-refractivity contribution in [1.29, 1.82) is 0 Å². The van der Waals surface area contributed by atoms with Gasteiger partial charge in [0.15, 0.2) is 0 Å². The maximum Gasteiger partial charge on any atom is 0.0522 e. The molecule has 0 unspecified atom stereocenters. The summed E-state index contributed by atoms with van der Waals surface area (Å²) in [4.78, 5) is 2.45. The number of anilines is 1. The molecule has 3 heteroatoms. The Kier molecular flexibility index (Phi) is 4.33. The van der Waals surface area contributed by atoms with Crippen molar-refractivity contribution < 1.29 is 5.11 Å². The highest BCUT2D eigenvalue weighted by molar-refractivity contribution is 9.10. The molecular weight excluding hydrogens is 290 g/mol. The Morgan fingerprint density at radius 3 is 2.44 bits per heavy atom. The van der Waals surface area contributed by atoms with Crippen molar-refractivity contribution in [3.05, 3.63) is 28.2 Å². The van der Waals surface area contributed by atoms with E-state index in [9.17, 15) is 5.11 Å². The molecule has 1 fully saturated rings. The zero-order valence-electron chi connectivity index (χ0n) is 11.2. The second kappa shape index (κ2) is 5.62. The molecular formula is C15H22BrNO. The number of halogens is 1. The van der Waals surface area contributed by atoms with Gasteiger partial charge in [0.1, 0.15) is 0 Å². The zero-order valence-corrected chi connectivity index (χ0v) is 12.8. The lowest BCUT2D eigenvalue weighted by molar-refractivity contribution is 0.218. The van der Waals surface area contributed by atoms with E-state index < -0.39 is 0 Å². The van der Waals surface area contributed by atoms with Gasteiger partial charge in [-0.15, -0.1) is 0 Å². The van der Waals surface area contributed by atoms with Crippen molar-refractivity contribution in [3.63, 3.8) is 0 Å². The van der Waals surface area contributed by atoms with Crippen molar-refractivity contribution in [2.24, 2.45) is 0 Å². The summed E-state index contributed by atoms with van der Waals surface area (Å²) in [5.74, 6) is 0. The average molecular weight is 312 g/mol. The quantitative estimate of drug-likeness (QED) is 0.920. The first-order valence-electron chi connectivity index (χ1n) is 6.70. The highest BCUT2D eigenvalue weighted by Gasteiger charge is 2.21. The second-order valence-corrected chi connectivity index (χ2v) is 6.61. The van der Waals surface area contributed by atoms with Crippen LogP contribution in [0.25, 0.3) is 0 Å². The molecule has 1 aliphatic heterocycles. The molecule has 0 radical (unpaired) electrons. The van der Waals surface area contributed by atoms with E-state index >= 15 is 0 Å². The summed E-state index contributed by atoms with van der Waals surface area (Å²) >= 11 is 3.68. The first kappa shape index (κ1) is 13.9. The number of aliphatic hydroxyl groups is 1. The number of aliphatic hydroxyl groups excluding tert-OH is 1. The van der Waals surface area contributed by atoms with Gasteiger partial charge >= 0.3 is 0 Å². The molecule has 2 rings (SSSR count). The van der Waals surface area contributed by atoms with Gasteiger partial charge in [-0.25, -0.2) is 0 Å². The molecule has 18 heavy (non-hydrogen) atoms. The van der Waals surface area contributed by atoms with Gasteiger partial charge in [-0.05, 0) is 52.9 Å². The summed E-state index contributed by atoms with van der Waals surface area (Å²) in [6.45, 7) is 6.61. The van der Waals surface area contributed by atoms with Gasteiger partial charge in [0.2, 0.25) is 0 Å². The van der Waals surface area contributed by atoms with Gasteiger partial charge in [0.25, 0.3) is 0 Å². The van der Waals surface area contributed by atoms with E-state index in [0.717, 1.165) is 17.6 Å². The van der Waals surface area contributed by atoms with Crippen molar-refractivity contribution in [2.75, 3.05) is 24.6 Å². The van der Waals surface area contributed by atoms with Crippen LogP contribution < -0.4 is 4.90 Å². The minimum absolute atomic E-state index is 0.169. The first-order chi connectivity index (χ1) is 8.54.